The van der Waals surface area contributed by atoms with Gasteiger partial charge in [0.2, 0.25) is 23.6 Å². The Morgan fingerprint density at radius 3 is 1.33 bits per heavy atom. The second kappa shape index (κ2) is 20.9. The Morgan fingerprint density at radius 2 is 0.980 bits per heavy atom. The van der Waals surface area contributed by atoms with Crippen molar-refractivity contribution < 1.29 is 28.5 Å². The number of nitrogens with two attached hydrogens (primary N) is 2. The normalized spacial score (nSPS) is 17.2. The van der Waals surface area contributed by atoms with Crippen molar-refractivity contribution in [3.63, 3.8) is 0 Å². The lowest BCUT2D eigenvalue weighted by Crippen LogP contribution is -2.54. The fourth-order valence-corrected chi connectivity index (χ4v) is 7.03. The molecule has 4 amide bonds. The van der Waals surface area contributed by atoms with Gasteiger partial charge in [0.25, 0.3) is 0 Å². The third-order valence-electron chi connectivity index (χ3n) is 10.1. The van der Waals surface area contributed by atoms with Crippen molar-refractivity contribution in [1.29, 1.82) is 0 Å². The van der Waals surface area contributed by atoms with Gasteiger partial charge < -0.3 is 42.0 Å². The van der Waals surface area contributed by atoms with Crippen LogP contribution in [0.15, 0.2) is 60.7 Å². The number of hydrogen-bond acceptors (Lipinski definition) is 8. The zero-order valence-corrected chi connectivity index (χ0v) is 29.8. The summed E-state index contributed by atoms with van der Waals surface area (Å²) in [5.41, 5.74) is 11.4. The molecule has 1 radical (unpaired) electrons. The maximum Gasteiger partial charge on any atom is 0.491 e. The second-order valence-corrected chi connectivity index (χ2v) is 13.7. The highest BCUT2D eigenvalue weighted by molar-refractivity contribution is 6.18. The topological polar surface area (TPSA) is 187 Å². The summed E-state index contributed by atoms with van der Waals surface area (Å²) in [5, 5.41) is 11.8. The van der Waals surface area contributed by atoms with Gasteiger partial charge >= 0.3 is 7.69 Å². The van der Waals surface area contributed by atoms with Crippen molar-refractivity contribution in [2.24, 2.45) is 22.3 Å². The summed E-state index contributed by atoms with van der Waals surface area (Å²) in [6, 6.07) is 19.8. The maximum atomic E-state index is 13.8. The second-order valence-electron chi connectivity index (χ2n) is 13.7. The van der Waals surface area contributed by atoms with Crippen LogP contribution in [-0.4, -0.2) is 69.9 Å². The van der Waals surface area contributed by atoms with Crippen LogP contribution >= 0.6 is 0 Å². The number of benzene rings is 2. The quantitative estimate of drug-likeness (QED) is 0.0614. The highest BCUT2D eigenvalue weighted by Crippen LogP contribution is 2.40. The van der Waals surface area contributed by atoms with E-state index >= 15 is 0 Å². The van der Waals surface area contributed by atoms with Gasteiger partial charge in [0.1, 0.15) is 23.3 Å². The highest BCUT2D eigenvalue weighted by atomic mass is 16.6. The third-order valence-corrected chi connectivity index (χ3v) is 10.1. The van der Waals surface area contributed by atoms with Crippen molar-refractivity contribution in [2.45, 2.75) is 102 Å². The minimum atomic E-state index is -1.18. The van der Waals surface area contributed by atoms with E-state index in [-0.39, 0.29) is 23.6 Å². The van der Waals surface area contributed by atoms with Crippen LogP contribution in [0, 0.1) is 10.8 Å². The SMILES string of the molecule is NCCCC(NC(=O)C1(C(=O)NCCc2ccccc2)CCCC1)O[B]OC(CCCN)NC(=O)C1(C(=O)NCCc2ccccc2)CCCC1. The Hall–Kier alpha value is -3.78. The molecule has 2 aromatic carbocycles. The lowest BCUT2D eigenvalue weighted by atomic mass is 9.83. The van der Waals surface area contributed by atoms with Crippen LogP contribution in [0.25, 0.3) is 0 Å². The lowest BCUT2D eigenvalue weighted by molar-refractivity contribution is -0.146. The largest absolute Gasteiger partial charge is 0.491 e. The first-order valence-corrected chi connectivity index (χ1v) is 18.6. The first-order chi connectivity index (χ1) is 24.8. The summed E-state index contributed by atoms with van der Waals surface area (Å²) in [5.74, 6) is -1.33. The Kier molecular flexibility index (Phi) is 16.4. The average Bonchev–Trinajstić information content (AvgIpc) is 3.86. The van der Waals surface area contributed by atoms with Gasteiger partial charge in [0.05, 0.1) is 0 Å². The monoisotopic (exact) mass is 703 g/mol. The van der Waals surface area contributed by atoms with Crippen LogP contribution in [-0.2, 0) is 41.3 Å². The van der Waals surface area contributed by atoms with Gasteiger partial charge in [-0.2, -0.15) is 0 Å². The highest BCUT2D eigenvalue weighted by Gasteiger charge is 2.49. The van der Waals surface area contributed by atoms with E-state index in [4.69, 9.17) is 20.8 Å². The molecule has 4 rings (SSSR count). The molecule has 12 nitrogen and oxygen atoms in total. The van der Waals surface area contributed by atoms with E-state index in [1.54, 1.807) is 0 Å². The Balaban J connectivity index is 1.32. The molecule has 277 valence electrons. The number of rotatable bonds is 22. The lowest BCUT2D eigenvalue weighted by Gasteiger charge is -2.31. The maximum absolute atomic E-state index is 13.8. The summed E-state index contributed by atoms with van der Waals surface area (Å²) in [6.07, 6.45) is 6.53. The van der Waals surface area contributed by atoms with Gasteiger partial charge in [-0.05, 0) is 88.4 Å². The first-order valence-electron chi connectivity index (χ1n) is 18.6. The Bertz CT molecular complexity index is 1270. The summed E-state index contributed by atoms with van der Waals surface area (Å²) < 4.78 is 11.8. The molecule has 0 saturated heterocycles. The molecule has 2 fully saturated rings. The fourth-order valence-electron chi connectivity index (χ4n) is 7.03. The van der Waals surface area contributed by atoms with Crippen molar-refractivity contribution >= 4 is 31.3 Å². The molecule has 2 aliphatic carbocycles. The summed E-state index contributed by atoms with van der Waals surface area (Å²) in [6.45, 7) is 1.62. The molecule has 0 aliphatic heterocycles. The van der Waals surface area contributed by atoms with Crippen LogP contribution in [0.1, 0.15) is 88.2 Å². The molecule has 2 unspecified atom stereocenters. The Labute approximate surface area is 303 Å². The molecule has 8 N–H and O–H groups in total. The zero-order chi connectivity index (χ0) is 36.4. The van der Waals surface area contributed by atoms with Crippen molar-refractivity contribution in [3.8, 4) is 0 Å². The zero-order valence-electron chi connectivity index (χ0n) is 29.8. The van der Waals surface area contributed by atoms with Gasteiger partial charge in [-0.3, -0.25) is 19.2 Å². The van der Waals surface area contributed by atoms with E-state index < -0.39 is 23.3 Å². The van der Waals surface area contributed by atoms with Crippen LogP contribution in [0.2, 0.25) is 0 Å². The number of amides is 4. The molecule has 2 atom stereocenters. The van der Waals surface area contributed by atoms with Gasteiger partial charge in [-0.25, -0.2) is 0 Å². The molecule has 2 aliphatic rings. The predicted octanol–water partition coefficient (Wildman–Crippen LogP) is 2.75. The average molecular weight is 704 g/mol. The smallest absolute Gasteiger partial charge is 0.393 e. The number of carbonyl (C=O) groups excluding carboxylic acids is 4. The molecule has 0 aromatic heterocycles. The minimum Gasteiger partial charge on any atom is -0.393 e. The third kappa shape index (κ3) is 11.6. The number of nitrogens with one attached hydrogen (secondary N) is 4. The van der Waals surface area contributed by atoms with Gasteiger partial charge in [0.15, 0.2) is 0 Å². The van der Waals surface area contributed by atoms with Crippen molar-refractivity contribution in [2.75, 3.05) is 26.2 Å². The molecule has 2 saturated carbocycles. The predicted molar refractivity (Wildman–Crippen MR) is 196 cm³/mol. The summed E-state index contributed by atoms with van der Waals surface area (Å²) in [4.78, 5) is 54.4. The van der Waals surface area contributed by atoms with Crippen molar-refractivity contribution in [3.05, 3.63) is 71.8 Å². The van der Waals surface area contributed by atoms with Gasteiger partial charge in [-0.15, -0.1) is 0 Å². The molecule has 51 heavy (non-hydrogen) atoms. The van der Waals surface area contributed by atoms with Crippen molar-refractivity contribution in [1.82, 2.24) is 21.3 Å². The van der Waals surface area contributed by atoms with Crippen LogP contribution in [0.5, 0.6) is 0 Å². The number of hydrogen-bond donors (Lipinski definition) is 6. The molecular weight excluding hydrogens is 647 g/mol. The Morgan fingerprint density at radius 1 is 0.608 bits per heavy atom. The molecule has 0 heterocycles. The fraction of sp³-hybridized carbons (Fsp3) is 0.579. The molecule has 2 aromatic rings. The van der Waals surface area contributed by atoms with Crippen LogP contribution in [0.3, 0.4) is 0 Å². The van der Waals surface area contributed by atoms with Crippen LogP contribution < -0.4 is 32.7 Å². The molecule has 0 spiro atoms. The standard InChI is InChI=1S/C38H56BN6O6/c40-25-11-17-31(44-35(48)37(21-7-8-22-37)33(46)42-27-19-29-13-3-1-4-14-29)50-39-51-32(18-12-26-41)45-36(49)38(23-9-10-24-38)34(47)43-28-20-30-15-5-2-6-16-30/h1-6,13-16,31-32H,7-12,17-28,40-41H2,(H,42,46)(H,43,47)(H,44,48)(H,45,49). The van der Waals surface area contributed by atoms with Gasteiger partial charge in [0, 0.05) is 13.1 Å². The van der Waals surface area contributed by atoms with Crippen LogP contribution in [0.4, 0.5) is 0 Å². The molecule has 13 heteroatoms. The van der Waals surface area contributed by atoms with E-state index in [0.717, 1.165) is 44.5 Å². The van der Waals surface area contributed by atoms with E-state index in [2.05, 4.69) is 21.3 Å². The van der Waals surface area contributed by atoms with Gasteiger partial charge in [-0.1, -0.05) is 86.3 Å². The first kappa shape index (κ1) is 40.0. The minimum absolute atomic E-state index is 0.277. The molecular formula is C38H56BN6O6. The van der Waals surface area contributed by atoms with E-state index in [1.165, 1.54) is 0 Å². The van der Waals surface area contributed by atoms with E-state index in [0.29, 0.717) is 90.4 Å². The summed E-state index contributed by atoms with van der Waals surface area (Å²) in [7, 11) is 1.12. The number of carbonyl (C=O) groups is 4. The summed E-state index contributed by atoms with van der Waals surface area (Å²) >= 11 is 0. The molecule has 0 bridgehead atoms. The van der Waals surface area contributed by atoms with E-state index in [9.17, 15) is 19.2 Å². The van der Waals surface area contributed by atoms with E-state index in [1.807, 2.05) is 60.7 Å².